The Bertz CT molecular complexity index is 671. The first-order valence-electron chi connectivity index (χ1n) is 6.24. The predicted octanol–water partition coefficient (Wildman–Crippen LogP) is 2.11. The Labute approximate surface area is 127 Å². The lowest BCUT2D eigenvalue weighted by atomic mass is 10.1. The Hall–Kier alpha value is -2.40. The Kier molecular flexibility index (Phi) is 4.55. The maximum atomic E-state index is 12.3. The molecule has 2 amide bonds. The molecule has 2 rings (SSSR count). The lowest BCUT2D eigenvalue weighted by Crippen LogP contribution is -2.26. The van der Waals surface area contributed by atoms with E-state index >= 15 is 0 Å². The van der Waals surface area contributed by atoms with Crippen molar-refractivity contribution in [3.8, 4) is 0 Å². The van der Waals surface area contributed by atoms with Gasteiger partial charge in [0.2, 0.25) is 5.91 Å². The summed E-state index contributed by atoms with van der Waals surface area (Å²) in [6.45, 7) is 0.392. The van der Waals surface area contributed by atoms with E-state index in [1.54, 1.807) is 43.4 Å². The van der Waals surface area contributed by atoms with Gasteiger partial charge in [-0.15, -0.1) is 0 Å². The Balaban J connectivity index is 2.10. The molecule has 1 aromatic heterocycles. The average molecular weight is 304 g/mol. The second-order valence-corrected chi connectivity index (χ2v) is 4.92. The maximum absolute atomic E-state index is 12.3. The normalized spacial score (nSPS) is 10.2. The number of primary amides is 1. The molecule has 0 fully saturated rings. The SMILES string of the molecule is CN(Cc1ccc(C(N)=O)cc1)C(=O)c1cccnc1Cl. The standard InChI is InChI=1S/C15H14ClN3O2/c1-19(15(21)12-3-2-8-18-13(12)16)9-10-4-6-11(7-5-10)14(17)20/h2-8H,9H2,1H3,(H2,17,20). The summed E-state index contributed by atoms with van der Waals surface area (Å²) in [4.78, 5) is 28.7. The van der Waals surface area contributed by atoms with Gasteiger partial charge in [-0.05, 0) is 29.8 Å². The molecule has 0 radical (unpaired) electrons. The van der Waals surface area contributed by atoms with E-state index in [1.165, 1.54) is 11.1 Å². The molecular formula is C15H14ClN3O2. The highest BCUT2D eigenvalue weighted by Crippen LogP contribution is 2.15. The van der Waals surface area contributed by atoms with Gasteiger partial charge in [0.1, 0.15) is 5.15 Å². The number of amides is 2. The average Bonchev–Trinajstić information content (AvgIpc) is 2.47. The van der Waals surface area contributed by atoms with Gasteiger partial charge in [-0.25, -0.2) is 4.98 Å². The quantitative estimate of drug-likeness (QED) is 0.879. The van der Waals surface area contributed by atoms with Gasteiger partial charge in [0, 0.05) is 25.4 Å². The van der Waals surface area contributed by atoms with Crippen LogP contribution in [0.2, 0.25) is 5.15 Å². The molecule has 0 unspecified atom stereocenters. The number of carbonyl (C=O) groups excluding carboxylic acids is 2. The molecule has 1 aromatic carbocycles. The summed E-state index contributed by atoms with van der Waals surface area (Å²) >= 11 is 5.91. The van der Waals surface area contributed by atoms with Crippen LogP contribution in [0.15, 0.2) is 42.6 Å². The second-order valence-electron chi connectivity index (χ2n) is 4.56. The minimum atomic E-state index is -0.479. The van der Waals surface area contributed by atoms with E-state index in [9.17, 15) is 9.59 Å². The molecule has 2 N–H and O–H groups in total. The van der Waals surface area contributed by atoms with Crippen LogP contribution in [0.4, 0.5) is 0 Å². The molecule has 108 valence electrons. The van der Waals surface area contributed by atoms with E-state index in [-0.39, 0.29) is 11.1 Å². The summed E-state index contributed by atoms with van der Waals surface area (Å²) < 4.78 is 0. The van der Waals surface area contributed by atoms with Crippen LogP contribution in [0.5, 0.6) is 0 Å². The molecule has 0 saturated carbocycles. The van der Waals surface area contributed by atoms with Crippen LogP contribution in [0.3, 0.4) is 0 Å². The summed E-state index contributed by atoms with van der Waals surface area (Å²) in [7, 11) is 1.67. The predicted molar refractivity (Wildman–Crippen MR) is 80.0 cm³/mol. The van der Waals surface area contributed by atoms with E-state index in [0.29, 0.717) is 17.7 Å². The molecule has 0 bridgehead atoms. The monoisotopic (exact) mass is 303 g/mol. The van der Waals surface area contributed by atoms with Gasteiger partial charge in [0.15, 0.2) is 0 Å². The minimum Gasteiger partial charge on any atom is -0.366 e. The van der Waals surface area contributed by atoms with Crippen molar-refractivity contribution in [2.24, 2.45) is 5.73 Å². The fraction of sp³-hybridized carbons (Fsp3) is 0.133. The van der Waals surface area contributed by atoms with Gasteiger partial charge in [-0.1, -0.05) is 23.7 Å². The van der Waals surface area contributed by atoms with Crippen LogP contribution < -0.4 is 5.73 Å². The fourth-order valence-electron chi connectivity index (χ4n) is 1.87. The summed E-state index contributed by atoms with van der Waals surface area (Å²) in [5, 5.41) is 0.179. The van der Waals surface area contributed by atoms with E-state index in [2.05, 4.69) is 4.98 Å². The number of aromatic nitrogens is 1. The molecule has 0 aliphatic carbocycles. The van der Waals surface area contributed by atoms with Crippen LogP contribution in [-0.2, 0) is 6.54 Å². The fourth-order valence-corrected chi connectivity index (χ4v) is 2.07. The number of halogens is 1. The first kappa shape index (κ1) is 15.0. The molecular weight excluding hydrogens is 290 g/mol. The first-order valence-corrected chi connectivity index (χ1v) is 6.61. The lowest BCUT2D eigenvalue weighted by molar-refractivity contribution is 0.0784. The van der Waals surface area contributed by atoms with Gasteiger partial charge >= 0.3 is 0 Å². The molecule has 5 nitrogen and oxygen atoms in total. The first-order chi connectivity index (χ1) is 9.99. The largest absolute Gasteiger partial charge is 0.366 e. The van der Waals surface area contributed by atoms with Crippen molar-refractivity contribution in [2.45, 2.75) is 6.54 Å². The zero-order chi connectivity index (χ0) is 15.4. The van der Waals surface area contributed by atoms with E-state index < -0.39 is 5.91 Å². The highest BCUT2D eigenvalue weighted by atomic mass is 35.5. The lowest BCUT2D eigenvalue weighted by Gasteiger charge is -2.17. The van der Waals surface area contributed by atoms with Crippen LogP contribution >= 0.6 is 11.6 Å². The second kappa shape index (κ2) is 6.37. The van der Waals surface area contributed by atoms with Crippen molar-refractivity contribution in [3.05, 3.63) is 64.4 Å². The molecule has 0 aliphatic rings. The molecule has 1 heterocycles. The van der Waals surface area contributed by atoms with Crippen LogP contribution in [-0.4, -0.2) is 28.7 Å². The van der Waals surface area contributed by atoms with E-state index in [1.807, 2.05) is 0 Å². The van der Waals surface area contributed by atoms with Crippen molar-refractivity contribution < 1.29 is 9.59 Å². The van der Waals surface area contributed by atoms with Crippen LogP contribution in [0.25, 0.3) is 0 Å². The Morgan fingerprint density at radius 3 is 2.48 bits per heavy atom. The zero-order valence-electron chi connectivity index (χ0n) is 11.4. The number of nitrogens with zero attached hydrogens (tertiary/aromatic N) is 2. The van der Waals surface area contributed by atoms with Crippen LogP contribution in [0.1, 0.15) is 26.3 Å². The third kappa shape index (κ3) is 3.58. The number of rotatable bonds is 4. The number of nitrogens with two attached hydrogens (primary N) is 1. The number of hydrogen-bond donors (Lipinski definition) is 1. The Morgan fingerprint density at radius 1 is 1.24 bits per heavy atom. The van der Waals surface area contributed by atoms with Gasteiger partial charge < -0.3 is 10.6 Å². The summed E-state index contributed by atoms with van der Waals surface area (Å²) in [5.74, 6) is -0.694. The molecule has 2 aromatic rings. The van der Waals surface area contributed by atoms with Gasteiger partial charge in [-0.3, -0.25) is 9.59 Å². The van der Waals surface area contributed by atoms with Crippen molar-refractivity contribution in [1.82, 2.24) is 9.88 Å². The Morgan fingerprint density at radius 2 is 1.90 bits per heavy atom. The van der Waals surface area contributed by atoms with Gasteiger partial charge in [0.25, 0.3) is 5.91 Å². The summed E-state index contributed by atoms with van der Waals surface area (Å²) in [6, 6.07) is 10.1. The molecule has 0 spiro atoms. The third-order valence-corrected chi connectivity index (χ3v) is 3.30. The van der Waals surface area contributed by atoms with Crippen molar-refractivity contribution in [1.29, 1.82) is 0 Å². The topological polar surface area (TPSA) is 76.3 Å². The highest BCUT2D eigenvalue weighted by molar-refractivity contribution is 6.32. The highest BCUT2D eigenvalue weighted by Gasteiger charge is 2.15. The van der Waals surface area contributed by atoms with Crippen LogP contribution in [0, 0.1) is 0 Å². The number of carbonyl (C=O) groups is 2. The van der Waals surface area contributed by atoms with Crippen molar-refractivity contribution >= 4 is 23.4 Å². The number of benzene rings is 1. The smallest absolute Gasteiger partial charge is 0.257 e. The molecule has 0 saturated heterocycles. The van der Waals surface area contributed by atoms with E-state index in [0.717, 1.165) is 5.56 Å². The van der Waals surface area contributed by atoms with Gasteiger partial charge in [0.05, 0.1) is 5.56 Å². The third-order valence-electron chi connectivity index (χ3n) is 2.99. The molecule has 0 atom stereocenters. The minimum absolute atomic E-state index is 0.179. The maximum Gasteiger partial charge on any atom is 0.257 e. The van der Waals surface area contributed by atoms with Crippen molar-refractivity contribution in [3.63, 3.8) is 0 Å². The van der Waals surface area contributed by atoms with Gasteiger partial charge in [-0.2, -0.15) is 0 Å². The molecule has 0 aliphatic heterocycles. The molecule has 21 heavy (non-hydrogen) atoms. The van der Waals surface area contributed by atoms with E-state index in [4.69, 9.17) is 17.3 Å². The zero-order valence-corrected chi connectivity index (χ0v) is 12.2. The summed E-state index contributed by atoms with van der Waals surface area (Å²) in [5.41, 5.74) is 6.86. The molecule has 6 heteroatoms. The number of pyridine rings is 1. The number of hydrogen-bond acceptors (Lipinski definition) is 3. The summed E-state index contributed by atoms with van der Waals surface area (Å²) in [6.07, 6.45) is 1.53. The van der Waals surface area contributed by atoms with Crippen molar-refractivity contribution in [2.75, 3.05) is 7.05 Å².